The normalized spacial score (nSPS) is 17.7. The molecule has 0 radical (unpaired) electrons. The maximum Gasteiger partial charge on any atom is 0.265 e. The fourth-order valence-electron chi connectivity index (χ4n) is 4.34. The van der Waals surface area contributed by atoms with Crippen LogP contribution in [0.5, 0.6) is 5.75 Å². The standard InChI is InChI=1S/C25H25FN4O4/c26-18-10-8-17(9-11-18)24-27-22(34-28-24)12-13-23(31)30-16-21(25(32)29-14-4-1-5-15-29)33-20-7-3-2-6-19(20)30/h2-3,6-11,21H,1,4-5,12-16H2/t21-/m1/s1. The summed E-state index contributed by atoms with van der Waals surface area (Å²) in [6, 6.07) is 13.0. The van der Waals surface area contributed by atoms with Crippen molar-refractivity contribution >= 4 is 17.5 Å². The van der Waals surface area contributed by atoms with Crippen molar-refractivity contribution in [3.05, 3.63) is 60.2 Å². The molecular weight excluding hydrogens is 439 g/mol. The second-order valence-corrected chi connectivity index (χ2v) is 8.48. The van der Waals surface area contributed by atoms with Gasteiger partial charge >= 0.3 is 0 Å². The van der Waals surface area contributed by atoms with E-state index in [1.807, 2.05) is 23.1 Å². The minimum absolute atomic E-state index is 0.0761. The zero-order valence-electron chi connectivity index (χ0n) is 18.7. The Labute approximate surface area is 196 Å². The number of hydrogen-bond donors (Lipinski definition) is 0. The lowest BCUT2D eigenvalue weighted by Crippen LogP contribution is -2.52. The van der Waals surface area contributed by atoms with Crippen LogP contribution in [0.1, 0.15) is 31.6 Å². The van der Waals surface area contributed by atoms with Crippen LogP contribution >= 0.6 is 0 Å². The fourth-order valence-corrected chi connectivity index (χ4v) is 4.34. The van der Waals surface area contributed by atoms with Crippen LogP contribution in [-0.2, 0) is 16.0 Å². The van der Waals surface area contributed by atoms with Gasteiger partial charge in [-0.1, -0.05) is 17.3 Å². The molecule has 176 valence electrons. The average Bonchev–Trinajstić information content (AvgIpc) is 3.36. The van der Waals surface area contributed by atoms with Gasteiger partial charge in [-0.25, -0.2) is 4.39 Å². The highest BCUT2D eigenvalue weighted by Gasteiger charge is 2.36. The maximum absolute atomic E-state index is 13.2. The fraction of sp³-hybridized carbons (Fsp3) is 0.360. The number of anilines is 1. The van der Waals surface area contributed by atoms with Crippen molar-refractivity contribution in [3.8, 4) is 17.1 Å². The van der Waals surface area contributed by atoms with Crippen LogP contribution in [0.15, 0.2) is 53.1 Å². The summed E-state index contributed by atoms with van der Waals surface area (Å²) in [5, 5.41) is 3.93. The molecule has 1 saturated heterocycles. The zero-order valence-corrected chi connectivity index (χ0v) is 18.7. The SMILES string of the molecule is O=C([C@H]1CN(C(=O)CCc2nc(-c3ccc(F)cc3)no2)c2ccccc2O1)N1CCCCC1. The van der Waals surface area contributed by atoms with Gasteiger partial charge in [0.1, 0.15) is 11.6 Å². The van der Waals surface area contributed by atoms with Gasteiger partial charge < -0.3 is 19.1 Å². The van der Waals surface area contributed by atoms with Gasteiger partial charge in [0.2, 0.25) is 17.6 Å². The second-order valence-electron chi connectivity index (χ2n) is 8.48. The summed E-state index contributed by atoms with van der Waals surface area (Å²) in [4.78, 5) is 34.0. The topological polar surface area (TPSA) is 88.8 Å². The number of benzene rings is 2. The molecule has 1 aromatic heterocycles. The van der Waals surface area contributed by atoms with Crippen molar-refractivity contribution in [1.29, 1.82) is 0 Å². The number of aryl methyl sites for hydroxylation is 1. The smallest absolute Gasteiger partial charge is 0.265 e. The van der Waals surface area contributed by atoms with E-state index in [1.165, 1.54) is 12.1 Å². The molecule has 3 heterocycles. The molecular formula is C25H25FN4O4. The van der Waals surface area contributed by atoms with Gasteiger partial charge in [-0.05, 0) is 55.7 Å². The molecule has 0 aliphatic carbocycles. The molecule has 3 aromatic rings. The number of ether oxygens (including phenoxy) is 1. The molecule has 9 heteroatoms. The Balaban J connectivity index is 1.27. The van der Waals surface area contributed by atoms with Crippen molar-refractivity contribution in [1.82, 2.24) is 15.0 Å². The molecule has 0 saturated carbocycles. The van der Waals surface area contributed by atoms with Crippen molar-refractivity contribution in [3.63, 3.8) is 0 Å². The number of halogens is 1. The van der Waals surface area contributed by atoms with E-state index in [9.17, 15) is 14.0 Å². The minimum Gasteiger partial charge on any atom is -0.476 e. The largest absolute Gasteiger partial charge is 0.476 e. The molecule has 2 amide bonds. The van der Waals surface area contributed by atoms with E-state index in [4.69, 9.17) is 9.26 Å². The van der Waals surface area contributed by atoms with E-state index < -0.39 is 6.10 Å². The molecule has 0 N–H and O–H groups in total. The van der Waals surface area contributed by atoms with Crippen molar-refractivity contribution in [2.24, 2.45) is 0 Å². The van der Waals surface area contributed by atoms with Gasteiger partial charge in [0.15, 0.2) is 6.10 Å². The summed E-state index contributed by atoms with van der Waals surface area (Å²) in [7, 11) is 0. The molecule has 0 bridgehead atoms. The molecule has 5 rings (SSSR count). The highest BCUT2D eigenvalue weighted by atomic mass is 19.1. The lowest BCUT2D eigenvalue weighted by molar-refractivity contribution is -0.139. The van der Waals surface area contributed by atoms with Crippen LogP contribution in [-0.4, -0.2) is 52.6 Å². The van der Waals surface area contributed by atoms with Gasteiger partial charge in [0, 0.05) is 31.5 Å². The first-order valence-corrected chi connectivity index (χ1v) is 11.5. The number of piperidine rings is 1. The van der Waals surface area contributed by atoms with Crippen LogP contribution in [0.25, 0.3) is 11.4 Å². The van der Waals surface area contributed by atoms with E-state index in [2.05, 4.69) is 10.1 Å². The number of amides is 2. The Hall–Kier alpha value is -3.75. The predicted octanol–water partition coefficient (Wildman–Crippen LogP) is 3.62. The number of fused-ring (bicyclic) bond motifs is 1. The number of carbonyl (C=O) groups excluding carboxylic acids is 2. The minimum atomic E-state index is -0.731. The maximum atomic E-state index is 13.2. The first kappa shape index (κ1) is 22.1. The molecule has 34 heavy (non-hydrogen) atoms. The van der Waals surface area contributed by atoms with Gasteiger partial charge in [-0.2, -0.15) is 4.98 Å². The molecule has 2 aliphatic heterocycles. The molecule has 2 aromatic carbocycles. The summed E-state index contributed by atoms with van der Waals surface area (Å²) in [6.07, 6.45) is 2.75. The first-order chi connectivity index (χ1) is 16.6. The van der Waals surface area contributed by atoms with Crippen molar-refractivity contribution in [2.45, 2.75) is 38.2 Å². The molecule has 1 fully saturated rings. The van der Waals surface area contributed by atoms with E-state index in [1.54, 1.807) is 23.1 Å². The number of likely N-dealkylation sites (tertiary alicyclic amines) is 1. The third-order valence-electron chi connectivity index (χ3n) is 6.14. The lowest BCUT2D eigenvalue weighted by atomic mass is 10.1. The summed E-state index contributed by atoms with van der Waals surface area (Å²) in [6.45, 7) is 1.61. The molecule has 0 unspecified atom stereocenters. The number of aromatic nitrogens is 2. The van der Waals surface area contributed by atoms with E-state index in [0.717, 1.165) is 32.4 Å². The molecule has 0 spiro atoms. The zero-order chi connectivity index (χ0) is 23.5. The Bertz CT molecular complexity index is 1170. The highest BCUT2D eigenvalue weighted by molar-refractivity contribution is 5.97. The number of carbonyl (C=O) groups is 2. The van der Waals surface area contributed by atoms with Crippen molar-refractivity contribution < 1.29 is 23.2 Å². The van der Waals surface area contributed by atoms with Gasteiger partial charge in [0.05, 0.1) is 12.2 Å². The predicted molar refractivity (Wildman–Crippen MR) is 122 cm³/mol. The van der Waals surface area contributed by atoms with E-state index in [0.29, 0.717) is 28.7 Å². The Kier molecular flexibility index (Phi) is 6.24. The highest BCUT2D eigenvalue weighted by Crippen LogP contribution is 2.34. The van der Waals surface area contributed by atoms with Gasteiger partial charge in [-0.15, -0.1) is 0 Å². The Morgan fingerprint density at radius 1 is 1.03 bits per heavy atom. The van der Waals surface area contributed by atoms with Gasteiger partial charge in [-0.3, -0.25) is 9.59 Å². The van der Waals surface area contributed by atoms with E-state index in [-0.39, 0.29) is 37.0 Å². The molecule has 2 aliphatic rings. The van der Waals surface area contributed by atoms with Crippen molar-refractivity contribution in [2.75, 3.05) is 24.5 Å². The first-order valence-electron chi connectivity index (χ1n) is 11.5. The monoisotopic (exact) mass is 464 g/mol. The third-order valence-corrected chi connectivity index (χ3v) is 6.14. The lowest BCUT2D eigenvalue weighted by Gasteiger charge is -2.37. The number of nitrogens with zero attached hydrogens (tertiary/aromatic N) is 4. The summed E-state index contributed by atoms with van der Waals surface area (Å²) < 4.78 is 24.4. The van der Waals surface area contributed by atoms with Crippen LogP contribution in [0.4, 0.5) is 10.1 Å². The quantitative estimate of drug-likeness (QED) is 0.573. The van der Waals surface area contributed by atoms with Gasteiger partial charge in [0.25, 0.3) is 5.91 Å². The van der Waals surface area contributed by atoms with Crippen LogP contribution in [0, 0.1) is 5.82 Å². The molecule has 8 nitrogen and oxygen atoms in total. The Morgan fingerprint density at radius 3 is 2.59 bits per heavy atom. The average molecular weight is 464 g/mol. The third kappa shape index (κ3) is 4.64. The van der Waals surface area contributed by atoms with Crippen LogP contribution in [0.3, 0.4) is 0 Å². The van der Waals surface area contributed by atoms with E-state index >= 15 is 0 Å². The number of hydrogen-bond acceptors (Lipinski definition) is 6. The number of rotatable bonds is 5. The number of para-hydroxylation sites is 2. The summed E-state index contributed by atoms with van der Waals surface area (Å²) in [5.74, 6) is 0.595. The van der Waals surface area contributed by atoms with Crippen LogP contribution in [0.2, 0.25) is 0 Å². The van der Waals surface area contributed by atoms with Crippen LogP contribution < -0.4 is 9.64 Å². The second kappa shape index (κ2) is 9.62. The molecule has 1 atom stereocenters. The summed E-state index contributed by atoms with van der Waals surface area (Å²) >= 11 is 0. The summed E-state index contributed by atoms with van der Waals surface area (Å²) in [5.41, 5.74) is 1.27. The Morgan fingerprint density at radius 2 is 1.79 bits per heavy atom.